The second-order valence-electron chi connectivity index (χ2n) is 4.89. The summed E-state index contributed by atoms with van der Waals surface area (Å²) in [6.07, 6.45) is 7.71. The minimum atomic E-state index is 0.122. The molecule has 1 aliphatic rings. The van der Waals surface area contributed by atoms with Gasteiger partial charge in [-0.3, -0.25) is 4.79 Å². The molecule has 0 N–H and O–H groups in total. The van der Waals surface area contributed by atoms with Gasteiger partial charge in [0.1, 0.15) is 0 Å². The molecule has 1 aromatic rings. The lowest BCUT2D eigenvalue weighted by molar-refractivity contribution is -0.116. The molecule has 0 unspecified atom stereocenters. The number of hydrogen-bond acceptors (Lipinski definition) is 1. The van der Waals surface area contributed by atoms with Gasteiger partial charge in [-0.05, 0) is 89.1 Å². The van der Waals surface area contributed by atoms with Crippen LogP contribution in [-0.4, -0.2) is 11.9 Å². The Kier molecular flexibility index (Phi) is 5.28. The summed E-state index contributed by atoms with van der Waals surface area (Å²) in [4.78, 5) is 14.1. The van der Waals surface area contributed by atoms with Crippen molar-refractivity contribution in [2.24, 2.45) is 0 Å². The molecule has 0 heterocycles. The second kappa shape index (κ2) is 6.56. The Labute approximate surface area is 141 Å². The predicted molar refractivity (Wildman–Crippen MR) is 96.6 cm³/mol. The molecule has 0 aliphatic heterocycles. The number of carbonyl (C=O) groups excluding carboxylic acids is 1. The number of hydrogen-bond donors (Lipinski definition) is 0. The lowest BCUT2D eigenvalue weighted by Crippen LogP contribution is -2.39. The van der Waals surface area contributed by atoms with E-state index in [2.05, 4.69) is 76.4 Å². The SMILES string of the molecule is CC(=O)N(c1c(I)cc(C)cc1I)[C@H]1C=CCCC1. The summed E-state index contributed by atoms with van der Waals surface area (Å²) >= 11 is 4.67. The van der Waals surface area contributed by atoms with E-state index in [4.69, 9.17) is 0 Å². The molecule has 0 radical (unpaired) electrons. The maximum atomic E-state index is 12.1. The highest BCUT2D eigenvalue weighted by Crippen LogP contribution is 2.33. The molecule has 4 heteroatoms. The zero-order valence-corrected chi connectivity index (χ0v) is 15.4. The Balaban J connectivity index is 2.48. The number of carbonyl (C=O) groups is 1. The molecule has 1 aromatic carbocycles. The molecule has 0 saturated carbocycles. The first-order valence-electron chi connectivity index (χ1n) is 6.43. The highest BCUT2D eigenvalue weighted by molar-refractivity contribution is 14.1. The van der Waals surface area contributed by atoms with E-state index < -0.39 is 0 Å². The molecule has 2 rings (SSSR count). The molecule has 0 aromatic heterocycles. The van der Waals surface area contributed by atoms with E-state index in [-0.39, 0.29) is 11.9 Å². The fourth-order valence-corrected chi connectivity index (χ4v) is 5.09. The van der Waals surface area contributed by atoms with Gasteiger partial charge >= 0.3 is 0 Å². The summed E-state index contributed by atoms with van der Waals surface area (Å²) in [5.41, 5.74) is 2.30. The Bertz CT molecular complexity index is 502. The molecule has 0 saturated heterocycles. The van der Waals surface area contributed by atoms with E-state index in [0.29, 0.717) is 0 Å². The molecule has 1 atom stereocenters. The fourth-order valence-electron chi connectivity index (χ4n) is 2.49. The van der Waals surface area contributed by atoms with Crippen LogP contribution in [0.4, 0.5) is 5.69 Å². The minimum absolute atomic E-state index is 0.122. The summed E-state index contributed by atoms with van der Waals surface area (Å²) in [6, 6.07) is 4.48. The zero-order valence-electron chi connectivity index (χ0n) is 11.1. The smallest absolute Gasteiger partial charge is 0.224 e. The van der Waals surface area contributed by atoms with Gasteiger partial charge in [-0.15, -0.1) is 0 Å². The molecule has 0 fully saturated rings. The van der Waals surface area contributed by atoms with Crippen LogP contribution >= 0.6 is 45.2 Å². The quantitative estimate of drug-likeness (QED) is 0.445. The van der Waals surface area contributed by atoms with E-state index in [0.717, 1.165) is 32.1 Å². The van der Waals surface area contributed by atoms with Gasteiger partial charge in [-0.25, -0.2) is 0 Å². The van der Waals surface area contributed by atoms with Crippen molar-refractivity contribution in [1.82, 2.24) is 0 Å². The average Bonchev–Trinajstić information content (AvgIpc) is 2.34. The molecular weight excluding hydrogens is 464 g/mol. The Morgan fingerprint density at radius 2 is 1.95 bits per heavy atom. The number of nitrogens with zero attached hydrogens (tertiary/aromatic N) is 1. The van der Waals surface area contributed by atoms with Crippen molar-refractivity contribution in [3.8, 4) is 0 Å². The summed E-state index contributed by atoms with van der Waals surface area (Å²) in [6.45, 7) is 3.75. The van der Waals surface area contributed by atoms with Gasteiger partial charge in [0.25, 0.3) is 0 Å². The van der Waals surface area contributed by atoms with Crippen molar-refractivity contribution >= 4 is 56.8 Å². The number of halogens is 2. The Hall–Kier alpha value is -0.110. The van der Waals surface area contributed by atoms with Crippen LogP contribution < -0.4 is 4.90 Å². The first-order chi connectivity index (χ1) is 9.00. The van der Waals surface area contributed by atoms with Crippen LogP contribution in [0.5, 0.6) is 0 Å². The highest BCUT2D eigenvalue weighted by Gasteiger charge is 2.25. The summed E-state index contributed by atoms with van der Waals surface area (Å²) in [7, 11) is 0. The van der Waals surface area contributed by atoms with Crippen molar-refractivity contribution < 1.29 is 4.79 Å². The first kappa shape index (κ1) is 15.3. The Morgan fingerprint density at radius 1 is 1.32 bits per heavy atom. The van der Waals surface area contributed by atoms with Crippen molar-refractivity contribution in [3.05, 3.63) is 37.0 Å². The molecule has 19 heavy (non-hydrogen) atoms. The van der Waals surface area contributed by atoms with Crippen LogP contribution in [0.2, 0.25) is 0 Å². The number of benzene rings is 1. The third-order valence-electron chi connectivity index (χ3n) is 3.30. The summed E-state index contributed by atoms with van der Waals surface area (Å²) in [5.74, 6) is 0.122. The van der Waals surface area contributed by atoms with Crippen molar-refractivity contribution in [1.29, 1.82) is 0 Å². The number of anilines is 1. The maximum Gasteiger partial charge on any atom is 0.224 e. The third kappa shape index (κ3) is 3.51. The second-order valence-corrected chi connectivity index (χ2v) is 7.22. The molecule has 1 amide bonds. The monoisotopic (exact) mass is 481 g/mol. The van der Waals surface area contributed by atoms with Crippen LogP contribution in [0.1, 0.15) is 31.7 Å². The number of rotatable bonds is 2. The molecule has 102 valence electrons. The largest absolute Gasteiger partial charge is 0.304 e. The minimum Gasteiger partial charge on any atom is -0.304 e. The van der Waals surface area contributed by atoms with E-state index in [1.165, 1.54) is 5.56 Å². The zero-order chi connectivity index (χ0) is 14.0. The summed E-state index contributed by atoms with van der Waals surface area (Å²) in [5, 5.41) is 0. The van der Waals surface area contributed by atoms with E-state index in [1.54, 1.807) is 6.92 Å². The van der Waals surface area contributed by atoms with Gasteiger partial charge in [0, 0.05) is 14.1 Å². The molecule has 0 bridgehead atoms. The normalized spacial score (nSPS) is 18.4. The summed E-state index contributed by atoms with van der Waals surface area (Å²) < 4.78 is 2.30. The van der Waals surface area contributed by atoms with Crippen molar-refractivity contribution in [2.45, 2.75) is 39.2 Å². The Morgan fingerprint density at radius 3 is 2.42 bits per heavy atom. The van der Waals surface area contributed by atoms with Crippen LogP contribution in [0, 0.1) is 14.1 Å². The van der Waals surface area contributed by atoms with E-state index in [1.807, 2.05) is 4.90 Å². The predicted octanol–water partition coefficient (Wildman–Crippen LogP) is 4.67. The lowest BCUT2D eigenvalue weighted by atomic mass is 10.0. The van der Waals surface area contributed by atoms with E-state index in [9.17, 15) is 4.79 Å². The fraction of sp³-hybridized carbons (Fsp3) is 0.400. The van der Waals surface area contributed by atoms with Gasteiger partial charge < -0.3 is 4.90 Å². The van der Waals surface area contributed by atoms with Crippen LogP contribution in [0.25, 0.3) is 0 Å². The van der Waals surface area contributed by atoms with E-state index >= 15 is 0 Å². The molecule has 1 aliphatic carbocycles. The molecular formula is C15H17I2NO. The molecule has 2 nitrogen and oxygen atoms in total. The van der Waals surface area contributed by atoms with Gasteiger partial charge in [-0.1, -0.05) is 12.2 Å². The van der Waals surface area contributed by atoms with Gasteiger partial charge in [0.2, 0.25) is 5.91 Å². The van der Waals surface area contributed by atoms with Gasteiger partial charge in [0.05, 0.1) is 11.7 Å². The third-order valence-corrected chi connectivity index (χ3v) is 4.95. The maximum absolute atomic E-state index is 12.1. The average molecular weight is 481 g/mol. The lowest BCUT2D eigenvalue weighted by Gasteiger charge is -2.32. The standard InChI is InChI=1S/C15H17I2NO/c1-10-8-13(16)15(14(17)9-10)18(11(2)19)12-6-4-3-5-7-12/h4,6,8-9,12H,3,5,7H2,1-2H3/t12-/m0/s1. The number of aryl methyl sites for hydroxylation is 1. The number of allylic oxidation sites excluding steroid dienone is 1. The van der Waals surface area contributed by atoms with Crippen LogP contribution in [0.15, 0.2) is 24.3 Å². The highest BCUT2D eigenvalue weighted by atomic mass is 127. The van der Waals surface area contributed by atoms with Crippen molar-refractivity contribution in [3.63, 3.8) is 0 Å². The van der Waals surface area contributed by atoms with Crippen LogP contribution in [-0.2, 0) is 4.79 Å². The van der Waals surface area contributed by atoms with Gasteiger partial charge in [0.15, 0.2) is 0 Å². The number of amides is 1. The topological polar surface area (TPSA) is 20.3 Å². The van der Waals surface area contributed by atoms with Gasteiger partial charge in [-0.2, -0.15) is 0 Å². The first-order valence-corrected chi connectivity index (χ1v) is 8.58. The van der Waals surface area contributed by atoms with Crippen LogP contribution in [0.3, 0.4) is 0 Å². The molecule has 0 spiro atoms. The van der Waals surface area contributed by atoms with Crippen molar-refractivity contribution in [2.75, 3.05) is 4.90 Å².